The third kappa shape index (κ3) is 3.15. The number of aromatic nitrogens is 2. The highest BCUT2D eigenvalue weighted by atomic mass is 32.1. The molecule has 126 valence electrons. The Morgan fingerprint density at radius 1 is 1.20 bits per heavy atom. The Kier molecular flexibility index (Phi) is 4.24. The number of hydrogen-bond acceptors (Lipinski definition) is 3. The van der Waals surface area contributed by atoms with Gasteiger partial charge in [-0.1, -0.05) is 18.2 Å². The van der Waals surface area contributed by atoms with Crippen LogP contribution in [0.2, 0.25) is 0 Å². The Hall–Kier alpha value is -2.66. The van der Waals surface area contributed by atoms with Gasteiger partial charge in [0.05, 0.1) is 15.7 Å². The van der Waals surface area contributed by atoms with Crippen LogP contribution in [-0.4, -0.2) is 22.0 Å². The number of hydrogen-bond donors (Lipinski definition) is 1. The number of aryl methyl sites for hydroxylation is 2. The van der Waals surface area contributed by atoms with Gasteiger partial charge >= 0.3 is 0 Å². The molecule has 1 amide bonds. The summed E-state index contributed by atoms with van der Waals surface area (Å²) in [6.45, 7) is 3.68. The van der Waals surface area contributed by atoms with Gasteiger partial charge in [0.15, 0.2) is 0 Å². The molecule has 0 unspecified atom stereocenters. The summed E-state index contributed by atoms with van der Waals surface area (Å²) in [6, 6.07) is 16.3. The molecule has 0 aliphatic carbocycles. The number of benzene rings is 2. The maximum absolute atomic E-state index is 12.3. The first-order valence-corrected chi connectivity index (χ1v) is 9.27. The average Bonchev–Trinajstić information content (AvgIpc) is 3.21. The molecule has 4 rings (SSSR count). The van der Waals surface area contributed by atoms with Crippen molar-refractivity contribution in [1.29, 1.82) is 0 Å². The summed E-state index contributed by atoms with van der Waals surface area (Å²) < 4.78 is 3.35. The van der Waals surface area contributed by atoms with Gasteiger partial charge in [-0.2, -0.15) is 0 Å². The van der Waals surface area contributed by atoms with Gasteiger partial charge in [-0.05, 0) is 49.1 Å². The molecule has 0 atom stereocenters. The standard InChI is InChI=1S/C20H19N3OS/c1-14-11-15-5-2-3-6-18(15)23(14)10-4-9-21-20(24)16-7-8-17-19(12-16)25-13-22-17/h2-3,5-8,11-13H,4,9-10H2,1H3,(H,21,24). The van der Waals surface area contributed by atoms with E-state index in [9.17, 15) is 4.79 Å². The number of amides is 1. The molecule has 2 aromatic heterocycles. The average molecular weight is 349 g/mol. The van der Waals surface area contributed by atoms with Gasteiger partial charge in [-0.15, -0.1) is 11.3 Å². The second-order valence-electron chi connectivity index (χ2n) is 6.14. The van der Waals surface area contributed by atoms with E-state index in [1.54, 1.807) is 16.8 Å². The summed E-state index contributed by atoms with van der Waals surface area (Å²) in [5.41, 5.74) is 5.94. The summed E-state index contributed by atoms with van der Waals surface area (Å²) in [5.74, 6) is -0.0237. The lowest BCUT2D eigenvalue weighted by Gasteiger charge is -2.09. The molecule has 2 heterocycles. The number of nitrogens with one attached hydrogen (secondary N) is 1. The highest BCUT2D eigenvalue weighted by Gasteiger charge is 2.08. The molecule has 0 aliphatic heterocycles. The van der Waals surface area contributed by atoms with Gasteiger partial charge in [-0.25, -0.2) is 4.98 Å². The van der Waals surface area contributed by atoms with E-state index >= 15 is 0 Å². The lowest BCUT2D eigenvalue weighted by molar-refractivity contribution is 0.0953. The zero-order chi connectivity index (χ0) is 17.2. The molecule has 5 heteroatoms. The maximum atomic E-state index is 12.3. The van der Waals surface area contributed by atoms with E-state index in [1.165, 1.54) is 16.6 Å². The topological polar surface area (TPSA) is 46.9 Å². The molecule has 0 spiro atoms. The monoisotopic (exact) mass is 349 g/mol. The van der Waals surface area contributed by atoms with E-state index in [1.807, 2.05) is 18.2 Å². The Morgan fingerprint density at radius 2 is 2.08 bits per heavy atom. The number of rotatable bonds is 5. The number of carbonyl (C=O) groups is 1. The van der Waals surface area contributed by atoms with Crippen LogP contribution in [0.3, 0.4) is 0 Å². The van der Waals surface area contributed by atoms with Crippen molar-refractivity contribution in [2.75, 3.05) is 6.54 Å². The number of para-hydroxylation sites is 1. The van der Waals surface area contributed by atoms with Crippen molar-refractivity contribution in [2.45, 2.75) is 19.9 Å². The van der Waals surface area contributed by atoms with Crippen LogP contribution in [0.1, 0.15) is 22.5 Å². The molecule has 1 N–H and O–H groups in total. The third-order valence-electron chi connectivity index (χ3n) is 4.46. The van der Waals surface area contributed by atoms with Crippen molar-refractivity contribution in [3.05, 3.63) is 65.3 Å². The number of carbonyl (C=O) groups excluding carboxylic acids is 1. The highest BCUT2D eigenvalue weighted by molar-refractivity contribution is 7.16. The fraction of sp³-hybridized carbons (Fsp3) is 0.200. The van der Waals surface area contributed by atoms with E-state index in [-0.39, 0.29) is 5.91 Å². The van der Waals surface area contributed by atoms with Gasteiger partial charge in [0.1, 0.15) is 0 Å². The van der Waals surface area contributed by atoms with Crippen molar-refractivity contribution < 1.29 is 4.79 Å². The number of fused-ring (bicyclic) bond motifs is 2. The van der Waals surface area contributed by atoms with Crippen LogP contribution in [0, 0.1) is 6.92 Å². The molecule has 4 aromatic rings. The molecule has 2 aromatic carbocycles. The van der Waals surface area contributed by atoms with Gasteiger partial charge in [0.2, 0.25) is 0 Å². The van der Waals surface area contributed by atoms with Crippen molar-refractivity contribution >= 4 is 38.4 Å². The predicted molar refractivity (Wildman–Crippen MR) is 103 cm³/mol. The van der Waals surface area contributed by atoms with Crippen LogP contribution in [0.25, 0.3) is 21.1 Å². The molecule has 0 bridgehead atoms. The predicted octanol–water partition coefficient (Wildman–Crippen LogP) is 4.38. The molecular formula is C20H19N3OS. The van der Waals surface area contributed by atoms with E-state index < -0.39 is 0 Å². The van der Waals surface area contributed by atoms with Crippen LogP contribution in [0.4, 0.5) is 0 Å². The highest BCUT2D eigenvalue weighted by Crippen LogP contribution is 2.20. The maximum Gasteiger partial charge on any atom is 0.251 e. The lowest BCUT2D eigenvalue weighted by atomic mass is 10.2. The Morgan fingerprint density at radius 3 is 3.00 bits per heavy atom. The van der Waals surface area contributed by atoms with Crippen LogP contribution in [0.15, 0.2) is 54.0 Å². The largest absolute Gasteiger partial charge is 0.352 e. The van der Waals surface area contributed by atoms with Crippen LogP contribution in [-0.2, 0) is 6.54 Å². The van der Waals surface area contributed by atoms with Crippen molar-refractivity contribution in [3.8, 4) is 0 Å². The lowest BCUT2D eigenvalue weighted by Crippen LogP contribution is -2.25. The Balaban J connectivity index is 1.37. The number of thiazole rings is 1. The smallest absolute Gasteiger partial charge is 0.251 e. The fourth-order valence-electron chi connectivity index (χ4n) is 3.18. The first kappa shape index (κ1) is 15.8. The summed E-state index contributed by atoms with van der Waals surface area (Å²) >= 11 is 1.55. The molecule has 25 heavy (non-hydrogen) atoms. The minimum absolute atomic E-state index is 0.0237. The molecule has 0 saturated heterocycles. The second-order valence-corrected chi connectivity index (χ2v) is 7.03. The minimum Gasteiger partial charge on any atom is -0.352 e. The molecule has 4 nitrogen and oxygen atoms in total. The quantitative estimate of drug-likeness (QED) is 0.544. The first-order chi connectivity index (χ1) is 12.2. The van der Waals surface area contributed by atoms with Gasteiger partial charge in [0, 0.05) is 29.9 Å². The summed E-state index contributed by atoms with van der Waals surface area (Å²) in [7, 11) is 0. The van der Waals surface area contributed by atoms with Crippen molar-refractivity contribution in [1.82, 2.24) is 14.9 Å². The van der Waals surface area contributed by atoms with E-state index in [0.717, 1.165) is 23.2 Å². The van der Waals surface area contributed by atoms with Crippen molar-refractivity contribution in [3.63, 3.8) is 0 Å². The Bertz CT molecular complexity index is 1050. The van der Waals surface area contributed by atoms with Gasteiger partial charge < -0.3 is 9.88 Å². The normalized spacial score (nSPS) is 11.2. The third-order valence-corrected chi connectivity index (χ3v) is 5.25. The first-order valence-electron chi connectivity index (χ1n) is 8.39. The van der Waals surface area contributed by atoms with Gasteiger partial charge in [0.25, 0.3) is 5.91 Å². The molecule has 0 radical (unpaired) electrons. The number of nitrogens with zero attached hydrogens (tertiary/aromatic N) is 2. The van der Waals surface area contributed by atoms with Crippen LogP contribution < -0.4 is 5.32 Å². The van der Waals surface area contributed by atoms with Gasteiger partial charge in [-0.3, -0.25) is 4.79 Å². The molecule has 0 aliphatic rings. The summed E-state index contributed by atoms with van der Waals surface area (Å²) in [6.07, 6.45) is 0.897. The minimum atomic E-state index is -0.0237. The molecular weight excluding hydrogens is 330 g/mol. The summed E-state index contributed by atoms with van der Waals surface area (Å²) in [5, 5.41) is 4.28. The Labute approximate surface area is 150 Å². The fourth-order valence-corrected chi connectivity index (χ4v) is 3.90. The molecule has 0 saturated carbocycles. The zero-order valence-corrected chi connectivity index (χ0v) is 14.8. The van der Waals surface area contributed by atoms with E-state index in [0.29, 0.717) is 12.1 Å². The summed E-state index contributed by atoms with van der Waals surface area (Å²) in [4.78, 5) is 16.6. The van der Waals surface area contributed by atoms with Crippen LogP contribution >= 0.6 is 11.3 Å². The molecule has 0 fully saturated rings. The van der Waals surface area contributed by atoms with E-state index in [4.69, 9.17) is 0 Å². The zero-order valence-electron chi connectivity index (χ0n) is 14.0. The van der Waals surface area contributed by atoms with Crippen LogP contribution in [0.5, 0.6) is 0 Å². The second kappa shape index (κ2) is 6.69. The van der Waals surface area contributed by atoms with Crippen molar-refractivity contribution in [2.24, 2.45) is 0 Å². The SMILES string of the molecule is Cc1cc2ccccc2n1CCCNC(=O)c1ccc2ncsc2c1. The van der Waals surface area contributed by atoms with E-state index in [2.05, 4.69) is 52.1 Å².